The predicted octanol–water partition coefficient (Wildman–Crippen LogP) is 5.19. The van der Waals surface area contributed by atoms with Gasteiger partial charge in [-0.2, -0.15) is 0 Å². The van der Waals surface area contributed by atoms with Gasteiger partial charge < -0.3 is 4.43 Å². The molecule has 0 fully saturated rings. The second-order valence-corrected chi connectivity index (χ2v) is 11.3. The minimum absolute atomic E-state index is 0.0668. The first-order chi connectivity index (χ1) is 8.10. The molecule has 5 heteroatoms. The molecule has 0 bridgehead atoms. The Hall–Kier alpha value is -0.513. The number of carbonyl (C=O) groups is 1. The highest BCUT2D eigenvalue weighted by Gasteiger charge is 2.39. The van der Waals surface area contributed by atoms with E-state index in [-0.39, 0.29) is 10.6 Å². The van der Waals surface area contributed by atoms with Crippen LogP contribution in [0.2, 0.25) is 28.2 Å². The Labute approximate surface area is 119 Å². The summed E-state index contributed by atoms with van der Waals surface area (Å²) < 4.78 is 6.08. The fourth-order valence-corrected chi connectivity index (χ4v) is 2.75. The molecular formula is C13H18Cl2O2Si. The average molecular weight is 305 g/mol. The van der Waals surface area contributed by atoms with Crippen molar-refractivity contribution in [2.75, 3.05) is 0 Å². The van der Waals surface area contributed by atoms with Crippen LogP contribution in [0, 0.1) is 0 Å². The smallest absolute Gasteiger partial charge is 0.250 e. The van der Waals surface area contributed by atoms with Gasteiger partial charge in [-0.05, 0) is 30.3 Å². The summed E-state index contributed by atoms with van der Waals surface area (Å²) in [5, 5.41) is 0.706. The molecule has 0 aromatic heterocycles. The summed E-state index contributed by atoms with van der Waals surface area (Å²) >= 11 is 12.1. The lowest BCUT2D eigenvalue weighted by Crippen LogP contribution is -2.43. The van der Waals surface area contributed by atoms with Gasteiger partial charge in [0.25, 0.3) is 8.32 Å². The second kappa shape index (κ2) is 5.23. The third-order valence-corrected chi connectivity index (χ3v) is 8.44. The van der Waals surface area contributed by atoms with Crippen molar-refractivity contribution in [3.8, 4) is 5.75 Å². The Kier molecular flexibility index (Phi) is 4.52. The molecule has 0 aliphatic heterocycles. The van der Waals surface area contributed by atoms with Crippen molar-refractivity contribution in [1.29, 1.82) is 0 Å². The van der Waals surface area contributed by atoms with E-state index in [1.807, 2.05) is 0 Å². The zero-order chi connectivity index (χ0) is 14.1. The maximum atomic E-state index is 10.9. The van der Waals surface area contributed by atoms with Gasteiger partial charge in [0.05, 0.1) is 15.6 Å². The number of rotatable bonds is 3. The van der Waals surface area contributed by atoms with E-state index >= 15 is 0 Å². The molecule has 0 N–H and O–H groups in total. The molecule has 0 heterocycles. The first kappa shape index (κ1) is 15.5. The highest BCUT2D eigenvalue weighted by molar-refractivity contribution is 6.74. The molecule has 0 saturated heterocycles. The Morgan fingerprint density at radius 1 is 1.22 bits per heavy atom. The van der Waals surface area contributed by atoms with Gasteiger partial charge in [-0.3, -0.25) is 4.79 Å². The van der Waals surface area contributed by atoms with E-state index < -0.39 is 8.32 Å². The third kappa shape index (κ3) is 3.08. The van der Waals surface area contributed by atoms with Crippen LogP contribution in [0.1, 0.15) is 31.1 Å². The summed E-state index contributed by atoms with van der Waals surface area (Å²) in [5.41, 5.74) is 0.287. The van der Waals surface area contributed by atoms with E-state index in [0.29, 0.717) is 22.1 Å². The molecular weight excluding hydrogens is 287 g/mol. The Morgan fingerprint density at radius 3 is 2.22 bits per heavy atom. The summed E-state index contributed by atoms with van der Waals surface area (Å²) in [4.78, 5) is 10.9. The number of hydrogen-bond donors (Lipinski definition) is 0. The molecule has 0 spiro atoms. The van der Waals surface area contributed by atoms with Crippen LogP contribution in [0.25, 0.3) is 0 Å². The lowest BCUT2D eigenvalue weighted by molar-refractivity contribution is 0.112. The fraction of sp³-hybridized carbons (Fsp3) is 0.462. The van der Waals surface area contributed by atoms with Gasteiger partial charge in [0.1, 0.15) is 5.75 Å². The minimum atomic E-state index is -1.97. The molecule has 0 amide bonds. The number of hydrogen-bond acceptors (Lipinski definition) is 2. The maximum Gasteiger partial charge on any atom is 0.250 e. The van der Waals surface area contributed by atoms with Gasteiger partial charge in [-0.15, -0.1) is 0 Å². The lowest BCUT2D eigenvalue weighted by atomic mass is 10.2. The van der Waals surface area contributed by atoms with Crippen molar-refractivity contribution in [2.24, 2.45) is 0 Å². The van der Waals surface area contributed by atoms with Crippen LogP contribution >= 0.6 is 23.2 Å². The average Bonchev–Trinajstić information content (AvgIpc) is 2.21. The molecule has 0 unspecified atom stereocenters. The molecule has 1 aromatic rings. The van der Waals surface area contributed by atoms with Crippen molar-refractivity contribution in [1.82, 2.24) is 0 Å². The monoisotopic (exact) mass is 304 g/mol. The first-order valence-corrected chi connectivity index (χ1v) is 9.39. The van der Waals surface area contributed by atoms with Crippen LogP contribution in [0.15, 0.2) is 12.1 Å². The fourth-order valence-electron chi connectivity index (χ4n) is 1.16. The lowest BCUT2D eigenvalue weighted by Gasteiger charge is -2.36. The molecule has 0 atom stereocenters. The summed E-state index contributed by atoms with van der Waals surface area (Å²) in [7, 11) is -1.97. The van der Waals surface area contributed by atoms with Crippen LogP contribution < -0.4 is 4.43 Å². The topological polar surface area (TPSA) is 26.3 Å². The molecule has 0 saturated carbocycles. The van der Waals surface area contributed by atoms with Crippen molar-refractivity contribution in [2.45, 2.75) is 38.9 Å². The first-order valence-electron chi connectivity index (χ1n) is 5.72. The van der Waals surface area contributed by atoms with Crippen molar-refractivity contribution >= 4 is 37.8 Å². The zero-order valence-corrected chi connectivity index (χ0v) is 13.8. The Morgan fingerprint density at radius 2 is 1.78 bits per heavy atom. The molecule has 100 valence electrons. The highest BCUT2D eigenvalue weighted by atomic mass is 35.5. The van der Waals surface area contributed by atoms with Crippen molar-refractivity contribution < 1.29 is 9.22 Å². The largest absolute Gasteiger partial charge is 0.542 e. The van der Waals surface area contributed by atoms with Gasteiger partial charge >= 0.3 is 0 Å². The van der Waals surface area contributed by atoms with Crippen molar-refractivity contribution in [3.05, 3.63) is 27.7 Å². The molecule has 2 nitrogen and oxygen atoms in total. The van der Waals surface area contributed by atoms with E-state index in [1.165, 1.54) is 0 Å². The van der Waals surface area contributed by atoms with Crippen molar-refractivity contribution in [3.63, 3.8) is 0 Å². The Bertz CT molecular complexity index is 465. The van der Waals surface area contributed by atoms with Crippen LogP contribution in [0.4, 0.5) is 0 Å². The quantitative estimate of drug-likeness (QED) is 0.567. The van der Waals surface area contributed by atoms with E-state index in [0.717, 1.165) is 0 Å². The standard InChI is InChI=1S/C13H18Cl2O2Si/c1-13(2,3)18(4,5)17-11-7-6-10(14)9(8-16)12(11)15/h6-8H,1-5H3. The summed E-state index contributed by atoms with van der Waals surface area (Å²) in [6, 6.07) is 3.36. The van der Waals surface area contributed by atoms with E-state index in [2.05, 4.69) is 33.9 Å². The molecule has 1 aromatic carbocycles. The second-order valence-electron chi connectivity index (χ2n) is 5.75. The molecule has 0 aliphatic rings. The van der Waals surface area contributed by atoms with Gasteiger partial charge in [0, 0.05) is 0 Å². The number of aldehydes is 1. The SMILES string of the molecule is CC(C)(C)[Si](C)(C)Oc1ccc(Cl)c(C=O)c1Cl. The molecule has 0 aliphatic carbocycles. The molecule has 1 rings (SSSR count). The van der Waals surface area contributed by atoms with Gasteiger partial charge in [0.15, 0.2) is 6.29 Å². The van der Waals surface area contributed by atoms with E-state index in [9.17, 15) is 4.79 Å². The van der Waals surface area contributed by atoms with Crippen LogP contribution in [-0.4, -0.2) is 14.6 Å². The van der Waals surface area contributed by atoms with E-state index in [4.69, 9.17) is 27.6 Å². The molecule has 18 heavy (non-hydrogen) atoms. The normalized spacial score (nSPS) is 12.4. The number of halogens is 2. The van der Waals surface area contributed by atoms with Gasteiger partial charge in [-0.25, -0.2) is 0 Å². The van der Waals surface area contributed by atoms with Crippen LogP contribution in [0.3, 0.4) is 0 Å². The number of carbonyl (C=O) groups excluding carboxylic acids is 1. The molecule has 0 radical (unpaired) electrons. The Balaban J connectivity index is 3.18. The summed E-state index contributed by atoms with van der Waals surface area (Å²) in [6.07, 6.45) is 0.656. The summed E-state index contributed by atoms with van der Waals surface area (Å²) in [5.74, 6) is 0.537. The van der Waals surface area contributed by atoms with E-state index in [1.54, 1.807) is 12.1 Å². The van der Waals surface area contributed by atoms with Crippen LogP contribution in [0.5, 0.6) is 5.75 Å². The highest BCUT2D eigenvalue weighted by Crippen LogP contribution is 2.40. The zero-order valence-electron chi connectivity index (χ0n) is 11.3. The van der Waals surface area contributed by atoms with Crippen LogP contribution in [-0.2, 0) is 0 Å². The van der Waals surface area contributed by atoms with Gasteiger partial charge in [-0.1, -0.05) is 44.0 Å². The predicted molar refractivity (Wildman–Crippen MR) is 79.7 cm³/mol. The summed E-state index contributed by atoms with van der Waals surface area (Å²) in [6.45, 7) is 10.7. The number of benzene rings is 1. The van der Waals surface area contributed by atoms with Gasteiger partial charge in [0.2, 0.25) is 0 Å². The minimum Gasteiger partial charge on any atom is -0.542 e. The maximum absolute atomic E-state index is 10.9. The third-order valence-electron chi connectivity index (χ3n) is 3.38.